The summed E-state index contributed by atoms with van der Waals surface area (Å²) in [6.07, 6.45) is 10.6. The van der Waals surface area contributed by atoms with E-state index in [2.05, 4.69) is 123 Å². The third kappa shape index (κ3) is 30.4. The van der Waals surface area contributed by atoms with Crippen molar-refractivity contribution in [1.29, 1.82) is 0 Å². The quantitative estimate of drug-likeness (QED) is 0.0357. The van der Waals surface area contributed by atoms with Gasteiger partial charge in [-0.2, -0.15) is 48.8 Å². The Morgan fingerprint density at radius 1 is 0.421 bits per heavy atom. The highest BCUT2D eigenvalue weighted by atomic mass is 32.2. The molecule has 3 rings (SSSR count). The molecule has 0 bridgehead atoms. The Balaban J connectivity index is 1.65. The van der Waals surface area contributed by atoms with Gasteiger partial charge in [-0.15, -0.1) is 29.9 Å². The predicted octanol–water partition coefficient (Wildman–Crippen LogP) is 11.2. The van der Waals surface area contributed by atoms with Crippen LogP contribution >= 0.6 is 48.8 Å². The molecule has 17 nitrogen and oxygen atoms in total. The fourth-order valence-corrected chi connectivity index (χ4v) is 9.11. The summed E-state index contributed by atoms with van der Waals surface area (Å²) in [6, 6.07) is 5.60. The van der Waals surface area contributed by atoms with Crippen LogP contribution in [0.15, 0.2) is 12.1 Å². The number of phenolic OH excluding ortho intramolecular Hbond substituents is 1. The fraction of sp³-hybridized carbons (Fsp3) is 0.782. The Bertz CT molecular complexity index is 1840. The van der Waals surface area contributed by atoms with Crippen molar-refractivity contribution in [3.05, 3.63) is 28.8 Å². The van der Waals surface area contributed by atoms with E-state index in [0.717, 1.165) is 111 Å². The summed E-state index contributed by atoms with van der Waals surface area (Å²) in [5.74, 6) is 5.61. The van der Waals surface area contributed by atoms with Crippen LogP contribution in [0.5, 0.6) is 41.8 Å². The number of nitrogens with zero attached hydrogens (tertiary/aromatic N) is 6. The molecule has 0 saturated heterocycles. The van der Waals surface area contributed by atoms with Crippen LogP contribution in [-0.4, -0.2) is 162 Å². The van der Waals surface area contributed by atoms with E-state index in [4.69, 9.17) is 47.4 Å². The van der Waals surface area contributed by atoms with Gasteiger partial charge in [0, 0.05) is 23.0 Å². The molecule has 2 aromatic heterocycles. The molecule has 0 amide bonds. The predicted molar refractivity (Wildman–Crippen MR) is 313 cm³/mol. The van der Waals surface area contributed by atoms with Crippen LogP contribution in [0.25, 0.3) is 0 Å². The van der Waals surface area contributed by atoms with E-state index in [1.54, 1.807) is 0 Å². The van der Waals surface area contributed by atoms with Crippen LogP contribution in [0.2, 0.25) is 0 Å². The molecule has 0 aliphatic carbocycles. The number of hydrogen-bond acceptors (Lipinski definition) is 21. The topological polar surface area (TPSA) is 190 Å². The second-order valence-electron chi connectivity index (χ2n) is 20.1. The number of thioether (sulfide) groups is 2. The molecular formula is C55H94N6O11S4. The summed E-state index contributed by atoms with van der Waals surface area (Å²) in [4.78, 5) is 26.7. The molecule has 434 valence electrons. The number of hydrogen-bond donors (Lipinski definition) is 3. The first-order valence-electron chi connectivity index (χ1n) is 27.6. The molecule has 0 aliphatic heterocycles. The molecule has 2 heterocycles. The third-order valence-electron chi connectivity index (χ3n) is 11.5. The van der Waals surface area contributed by atoms with Gasteiger partial charge in [0.15, 0.2) is 0 Å². The first-order valence-corrected chi connectivity index (χ1v) is 31.2. The van der Waals surface area contributed by atoms with Gasteiger partial charge in [-0.3, -0.25) is 0 Å². The third-order valence-corrected chi connectivity index (χ3v) is 13.9. The minimum absolute atomic E-state index is 0.173. The van der Waals surface area contributed by atoms with Gasteiger partial charge in [-0.1, -0.05) is 80.4 Å². The summed E-state index contributed by atoms with van der Waals surface area (Å²) >= 11 is 11.9. The average Bonchev–Trinajstić information content (AvgIpc) is 3.38. The molecule has 0 aliphatic rings. The monoisotopic (exact) mass is 1140 g/mol. The molecular weight excluding hydrogens is 1050 g/mol. The number of phenols is 1. The van der Waals surface area contributed by atoms with E-state index in [9.17, 15) is 5.11 Å². The van der Waals surface area contributed by atoms with Crippen molar-refractivity contribution in [3.8, 4) is 41.8 Å². The summed E-state index contributed by atoms with van der Waals surface area (Å²) in [5, 5.41) is 11.6. The molecule has 76 heavy (non-hydrogen) atoms. The largest absolute Gasteiger partial charge is 0.507 e. The number of benzene rings is 1. The number of unbranched alkanes of at least 4 members (excludes halogenated alkanes) is 4. The number of rotatable bonds is 47. The second kappa shape index (κ2) is 41.1. The van der Waals surface area contributed by atoms with Crippen LogP contribution < -0.4 is 28.4 Å². The first kappa shape index (κ1) is 67.4. The smallest absolute Gasteiger partial charge is 0.325 e. The number of ether oxygens (including phenoxy) is 10. The van der Waals surface area contributed by atoms with E-state index in [0.29, 0.717) is 110 Å². The lowest BCUT2D eigenvalue weighted by Crippen LogP contribution is -2.18. The van der Waals surface area contributed by atoms with Gasteiger partial charge in [-0.25, -0.2) is 0 Å². The molecule has 1 unspecified atom stereocenters. The zero-order chi connectivity index (χ0) is 55.1. The van der Waals surface area contributed by atoms with Crippen LogP contribution in [0.4, 0.5) is 0 Å². The van der Waals surface area contributed by atoms with Crippen molar-refractivity contribution in [1.82, 2.24) is 29.9 Å². The van der Waals surface area contributed by atoms with Gasteiger partial charge >= 0.3 is 36.1 Å². The van der Waals surface area contributed by atoms with Crippen molar-refractivity contribution in [3.63, 3.8) is 0 Å². The van der Waals surface area contributed by atoms with Crippen molar-refractivity contribution in [2.75, 3.05) is 127 Å². The molecule has 0 fully saturated rings. The Kier molecular flexibility index (Phi) is 36.5. The van der Waals surface area contributed by atoms with E-state index in [1.807, 2.05) is 23.5 Å². The van der Waals surface area contributed by atoms with E-state index < -0.39 is 0 Å². The van der Waals surface area contributed by atoms with Gasteiger partial charge < -0.3 is 52.5 Å². The lowest BCUT2D eigenvalue weighted by molar-refractivity contribution is 0.0606. The van der Waals surface area contributed by atoms with Gasteiger partial charge in [0.2, 0.25) is 0 Å². The van der Waals surface area contributed by atoms with Crippen molar-refractivity contribution in [2.24, 2.45) is 0 Å². The standard InChI is InChI=1S/C55H94N6O11S4/c1-9-11-21-67-48-56-49(68-22-12-10-2)58-50(57-48)69-23-15-13-19-43(44-41-45(54(3,4)5)47(62)46(42-44)55(6,7)8)20-14-16-24-70-51-59-52(71-25-17-37-75-39-33-65-29-27-63-31-35-73)61-53(60-51)72-26-18-38-76-40-34-66-30-28-64-32-36-74/h41-43,62,73-74H,9-40H2,1-8H3. The van der Waals surface area contributed by atoms with E-state index in [1.165, 1.54) is 5.56 Å². The minimum Gasteiger partial charge on any atom is -0.507 e. The molecule has 1 atom stereocenters. The highest BCUT2D eigenvalue weighted by molar-refractivity contribution is 7.99. The van der Waals surface area contributed by atoms with Crippen molar-refractivity contribution < 1.29 is 52.5 Å². The molecule has 0 radical (unpaired) electrons. The van der Waals surface area contributed by atoms with Crippen molar-refractivity contribution in [2.45, 2.75) is 149 Å². The van der Waals surface area contributed by atoms with Crippen LogP contribution in [-0.2, 0) is 29.8 Å². The lowest BCUT2D eigenvalue weighted by atomic mass is 9.76. The maximum Gasteiger partial charge on any atom is 0.325 e. The van der Waals surface area contributed by atoms with Gasteiger partial charge in [0.25, 0.3) is 0 Å². The van der Waals surface area contributed by atoms with E-state index >= 15 is 0 Å². The Labute approximate surface area is 475 Å². The average molecular weight is 1140 g/mol. The fourth-order valence-electron chi connectivity index (χ4n) is 7.33. The van der Waals surface area contributed by atoms with Crippen LogP contribution in [0, 0.1) is 0 Å². The second-order valence-corrected chi connectivity index (χ2v) is 23.5. The first-order chi connectivity index (χ1) is 36.8. The maximum absolute atomic E-state index is 11.6. The van der Waals surface area contributed by atoms with Crippen LogP contribution in [0.3, 0.4) is 0 Å². The molecule has 21 heteroatoms. The summed E-state index contributed by atoms with van der Waals surface area (Å²) in [6.45, 7) is 24.8. The molecule has 0 spiro atoms. The molecule has 1 aromatic carbocycles. The van der Waals surface area contributed by atoms with Gasteiger partial charge in [-0.05, 0) is 109 Å². The summed E-state index contributed by atoms with van der Waals surface area (Å²) in [7, 11) is 0. The number of aromatic nitrogens is 6. The lowest BCUT2D eigenvalue weighted by Gasteiger charge is -2.30. The number of aromatic hydroxyl groups is 1. The SMILES string of the molecule is CCCCOc1nc(OCCCC)nc(OCCCCC(CCCCOc2nc(OCCCSCCOCCOCCS)nc(OCCCSCCOCCOCCS)n2)c2cc(C(C)(C)C)c(O)c(C(C)(C)C)c2)n1. The Hall–Kier alpha value is -2.92. The van der Waals surface area contributed by atoms with Crippen LogP contribution in [0.1, 0.15) is 155 Å². The Morgan fingerprint density at radius 2 is 0.737 bits per heavy atom. The zero-order valence-electron chi connectivity index (χ0n) is 47.3. The Morgan fingerprint density at radius 3 is 1.05 bits per heavy atom. The normalized spacial score (nSPS) is 12.2. The van der Waals surface area contributed by atoms with Gasteiger partial charge in [0.05, 0.1) is 92.5 Å². The van der Waals surface area contributed by atoms with E-state index in [-0.39, 0.29) is 52.8 Å². The molecule has 1 N–H and O–H groups in total. The highest BCUT2D eigenvalue weighted by Crippen LogP contribution is 2.42. The molecule has 3 aromatic rings. The zero-order valence-corrected chi connectivity index (χ0v) is 50.7. The highest BCUT2D eigenvalue weighted by Gasteiger charge is 2.28. The molecule has 0 saturated carbocycles. The van der Waals surface area contributed by atoms with Crippen molar-refractivity contribution >= 4 is 48.8 Å². The van der Waals surface area contributed by atoms with Gasteiger partial charge in [0.1, 0.15) is 5.75 Å². The summed E-state index contributed by atoms with van der Waals surface area (Å²) < 4.78 is 58.1. The summed E-state index contributed by atoms with van der Waals surface area (Å²) in [5.41, 5.74) is 2.63. The number of thiol groups is 2. The maximum atomic E-state index is 11.6. The minimum atomic E-state index is -0.253.